The summed E-state index contributed by atoms with van der Waals surface area (Å²) in [6, 6.07) is 10.0. The fourth-order valence-electron chi connectivity index (χ4n) is 2.37. The van der Waals surface area contributed by atoms with Gasteiger partial charge in [-0.25, -0.2) is 0 Å². The lowest BCUT2D eigenvalue weighted by molar-refractivity contribution is -0.468. The Morgan fingerprint density at radius 3 is 2.65 bits per heavy atom. The summed E-state index contributed by atoms with van der Waals surface area (Å²) in [6.07, 6.45) is 6.13. The summed E-state index contributed by atoms with van der Waals surface area (Å²) in [5, 5.41) is 10.2. The maximum atomic E-state index is 12.5. The number of carbonyl (C=O) groups is 1. The summed E-state index contributed by atoms with van der Waals surface area (Å²) in [5.41, 5.74) is 1.43. The standard InChI is InChI=1S/C17H14N3O3/c1-12-17(16(21)7-6-13-8-10-18-11-9-13)20(23)15-5-3-2-4-14(15)19(12)22/h2-11,22H,1H3/q+1/b7-6+. The van der Waals surface area contributed by atoms with E-state index in [-0.39, 0.29) is 16.9 Å². The summed E-state index contributed by atoms with van der Waals surface area (Å²) in [7, 11) is 0. The zero-order valence-electron chi connectivity index (χ0n) is 12.4. The van der Waals surface area contributed by atoms with Crippen molar-refractivity contribution in [2.75, 3.05) is 0 Å². The molecule has 23 heavy (non-hydrogen) atoms. The van der Waals surface area contributed by atoms with Crippen LogP contribution in [-0.4, -0.2) is 20.7 Å². The van der Waals surface area contributed by atoms with Crippen molar-refractivity contribution >= 4 is 22.9 Å². The molecule has 114 valence electrons. The van der Waals surface area contributed by atoms with Gasteiger partial charge in [0.1, 0.15) is 5.69 Å². The molecule has 0 aliphatic rings. The Morgan fingerprint density at radius 1 is 1.22 bits per heavy atom. The van der Waals surface area contributed by atoms with Gasteiger partial charge in [0.2, 0.25) is 0 Å². The van der Waals surface area contributed by atoms with Crippen LogP contribution in [0.25, 0.3) is 17.1 Å². The van der Waals surface area contributed by atoms with Gasteiger partial charge in [-0.3, -0.25) is 9.78 Å². The largest absolute Gasteiger partial charge is 0.428 e. The minimum atomic E-state index is -0.483. The second-order valence-corrected chi connectivity index (χ2v) is 5.01. The summed E-state index contributed by atoms with van der Waals surface area (Å²) in [4.78, 5) is 28.8. The van der Waals surface area contributed by atoms with E-state index in [1.54, 1.807) is 54.9 Å². The van der Waals surface area contributed by atoms with Crippen LogP contribution in [0.2, 0.25) is 0 Å². The lowest BCUT2D eigenvalue weighted by atomic mass is 10.1. The number of rotatable bonds is 3. The number of hydrogen-bond acceptors (Lipinski definition) is 4. The normalized spacial score (nSPS) is 11.2. The Kier molecular flexibility index (Phi) is 3.72. The van der Waals surface area contributed by atoms with Gasteiger partial charge in [0, 0.05) is 23.4 Å². The van der Waals surface area contributed by atoms with Crippen LogP contribution in [0.1, 0.15) is 21.7 Å². The maximum absolute atomic E-state index is 12.5. The number of carbonyl (C=O) groups excluding carboxylic acids is 1. The number of benzene rings is 1. The van der Waals surface area contributed by atoms with Crippen molar-refractivity contribution in [2.45, 2.75) is 6.92 Å². The third-order valence-electron chi connectivity index (χ3n) is 3.56. The smallest absolute Gasteiger partial charge is 0.332 e. The number of allylic oxidation sites excluding steroid dienone is 1. The highest BCUT2D eigenvalue weighted by atomic mass is 16.5. The predicted molar refractivity (Wildman–Crippen MR) is 84.8 cm³/mol. The van der Waals surface area contributed by atoms with Gasteiger partial charge in [0.25, 0.3) is 11.3 Å². The molecule has 2 aromatic heterocycles. The highest BCUT2D eigenvalue weighted by Gasteiger charge is 2.26. The van der Waals surface area contributed by atoms with E-state index in [2.05, 4.69) is 4.98 Å². The van der Waals surface area contributed by atoms with Crippen molar-refractivity contribution in [2.24, 2.45) is 0 Å². The first-order chi connectivity index (χ1) is 11.1. The number of hydrogen-bond donors (Lipinski definition) is 1. The molecule has 1 N–H and O–H groups in total. The molecule has 2 heterocycles. The van der Waals surface area contributed by atoms with Crippen LogP contribution in [0.5, 0.6) is 0 Å². The molecule has 1 aromatic carbocycles. The molecular weight excluding hydrogens is 294 g/mol. The number of aromatic nitrogens is 3. The second-order valence-electron chi connectivity index (χ2n) is 5.01. The quantitative estimate of drug-likeness (QED) is 0.349. The van der Waals surface area contributed by atoms with Crippen LogP contribution in [0.15, 0.2) is 54.9 Å². The van der Waals surface area contributed by atoms with Crippen LogP contribution in [0.3, 0.4) is 0 Å². The third-order valence-corrected chi connectivity index (χ3v) is 3.56. The third kappa shape index (κ3) is 2.62. The Hall–Kier alpha value is -3.28. The Labute approximate surface area is 131 Å². The number of para-hydroxylation sites is 2. The number of ketones is 1. The van der Waals surface area contributed by atoms with Gasteiger partial charge < -0.3 is 5.21 Å². The molecule has 3 aromatic rings. The Morgan fingerprint density at radius 2 is 1.91 bits per heavy atom. The molecule has 0 bridgehead atoms. The average molecular weight is 308 g/mol. The molecular formula is C17H14N3O3+. The minimum Gasteiger partial charge on any atom is -0.428 e. The molecule has 0 aliphatic heterocycles. The lowest BCUT2D eigenvalue weighted by Crippen LogP contribution is -2.30. The van der Waals surface area contributed by atoms with E-state index in [0.29, 0.717) is 9.94 Å². The van der Waals surface area contributed by atoms with Gasteiger partial charge in [-0.05, 0) is 36.8 Å². The highest BCUT2D eigenvalue weighted by molar-refractivity contribution is 6.05. The van der Waals surface area contributed by atoms with E-state index in [4.69, 9.17) is 0 Å². The zero-order valence-corrected chi connectivity index (χ0v) is 12.4. The minimum absolute atomic E-state index is 0.114. The fraction of sp³-hybridized carbons (Fsp3) is 0.0588. The fourth-order valence-corrected chi connectivity index (χ4v) is 2.37. The van der Waals surface area contributed by atoms with E-state index in [1.807, 2.05) is 0 Å². The molecule has 0 unspecified atom stereocenters. The SMILES string of the molecule is Cc1c(C(=O)/C=C/c2ccncc2)[n+](=O)c2ccccc2n1O. The summed E-state index contributed by atoms with van der Waals surface area (Å²) < 4.78 is 1.41. The molecule has 0 atom stereocenters. The molecule has 0 amide bonds. The number of fused-ring (bicyclic) bond motifs is 1. The van der Waals surface area contributed by atoms with Crippen molar-refractivity contribution < 1.29 is 14.4 Å². The summed E-state index contributed by atoms with van der Waals surface area (Å²) in [5.74, 6) is -0.483. The van der Waals surface area contributed by atoms with E-state index in [0.717, 1.165) is 10.3 Å². The first-order valence-electron chi connectivity index (χ1n) is 6.98. The monoisotopic (exact) mass is 308 g/mol. The van der Waals surface area contributed by atoms with Crippen LogP contribution < -0.4 is 4.43 Å². The molecule has 0 fully saturated rings. The predicted octanol–water partition coefficient (Wildman–Crippen LogP) is 2.39. The second kappa shape index (κ2) is 5.84. The average Bonchev–Trinajstić information content (AvgIpc) is 2.59. The van der Waals surface area contributed by atoms with Crippen molar-refractivity contribution in [1.82, 2.24) is 9.71 Å². The molecule has 0 aliphatic carbocycles. The Balaban J connectivity index is 2.11. The van der Waals surface area contributed by atoms with Gasteiger partial charge in [-0.1, -0.05) is 18.2 Å². The lowest BCUT2D eigenvalue weighted by Gasteiger charge is -2.04. The van der Waals surface area contributed by atoms with Crippen molar-refractivity contribution in [3.05, 3.63) is 76.7 Å². The van der Waals surface area contributed by atoms with E-state index >= 15 is 0 Å². The first-order valence-corrected chi connectivity index (χ1v) is 6.98. The first kappa shape index (κ1) is 14.6. The zero-order chi connectivity index (χ0) is 16.4. The van der Waals surface area contributed by atoms with Crippen molar-refractivity contribution in [3.8, 4) is 0 Å². The Bertz CT molecular complexity index is 976. The van der Waals surface area contributed by atoms with Gasteiger partial charge in [0.15, 0.2) is 5.52 Å². The molecule has 3 rings (SSSR count). The summed E-state index contributed by atoms with van der Waals surface area (Å²) >= 11 is 0. The van der Waals surface area contributed by atoms with Crippen LogP contribution in [-0.2, 0) is 0 Å². The number of pyridine rings is 1. The van der Waals surface area contributed by atoms with E-state index in [1.165, 1.54) is 13.0 Å². The maximum Gasteiger partial charge on any atom is 0.332 e. The van der Waals surface area contributed by atoms with Crippen molar-refractivity contribution in [1.29, 1.82) is 0 Å². The van der Waals surface area contributed by atoms with Crippen LogP contribution in [0, 0.1) is 11.8 Å². The number of nitrogens with zero attached hydrogens (tertiary/aromatic N) is 3. The van der Waals surface area contributed by atoms with Gasteiger partial charge in [-0.15, -0.1) is 0 Å². The topological polar surface area (TPSA) is 78.1 Å². The molecule has 0 saturated heterocycles. The van der Waals surface area contributed by atoms with Crippen LogP contribution in [0.4, 0.5) is 0 Å². The molecule has 0 spiro atoms. The highest BCUT2D eigenvalue weighted by Crippen LogP contribution is 2.14. The molecule has 0 radical (unpaired) electrons. The van der Waals surface area contributed by atoms with E-state index in [9.17, 15) is 14.9 Å². The molecule has 0 saturated carbocycles. The van der Waals surface area contributed by atoms with E-state index < -0.39 is 5.78 Å². The van der Waals surface area contributed by atoms with Gasteiger partial charge in [-0.2, -0.15) is 4.73 Å². The molecule has 6 heteroatoms. The van der Waals surface area contributed by atoms with Gasteiger partial charge in [0.05, 0.1) is 4.43 Å². The molecule has 6 nitrogen and oxygen atoms in total. The van der Waals surface area contributed by atoms with Gasteiger partial charge >= 0.3 is 5.69 Å². The van der Waals surface area contributed by atoms with Crippen LogP contribution >= 0.6 is 0 Å². The summed E-state index contributed by atoms with van der Waals surface area (Å²) in [6.45, 7) is 1.52. The van der Waals surface area contributed by atoms with Crippen molar-refractivity contribution in [3.63, 3.8) is 0 Å².